The second-order valence-corrected chi connectivity index (χ2v) is 5.96. The highest BCUT2D eigenvalue weighted by Gasteiger charge is 2.47. The van der Waals surface area contributed by atoms with Gasteiger partial charge in [0.1, 0.15) is 0 Å². The van der Waals surface area contributed by atoms with Crippen LogP contribution in [0.25, 0.3) is 0 Å². The maximum Gasteiger partial charge on any atom is 0.0471 e. The van der Waals surface area contributed by atoms with Gasteiger partial charge in [0.25, 0.3) is 0 Å². The minimum Gasteiger partial charge on any atom is -0.381 e. The summed E-state index contributed by atoms with van der Waals surface area (Å²) in [5.74, 6) is 0.683. The molecule has 1 heterocycles. The summed E-state index contributed by atoms with van der Waals surface area (Å²) in [5, 5.41) is 0. The van der Waals surface area contributed by atoms with E-state index in [0.29, 0.717) is 5.92 Å². The Morgan fingerprint density at radius 2 is 2.00 bits per heavy atom. The lowest BCUT2D eigenvalue weighted by molar-refractivity contribution is 0.0853. The van der Waals surface area contributed by atoms with Crippen molar-refractivity contribution in [3.8, 4) is 0 Å². The summed E-state index contributed by atoms with van der Waals surface area (Å²) in [5.41, 5.74) is 9.40. The molecule has 1 aliphatic heterocycles. The Morgan fingerprint density at radius 1 is 1.28 bits per heavy atom. The molecule has 98 valence electrons. The molecule has 18 heavy (non-hydrogen) atoms. The highest BCUT2D eigenvalue weighted by molar-refractivity contribution is 5.37. The van der Waals surface area contributed by atoms with Crippen LogP contribution in [0.5, 0.6) is 0 Å². The largest absolute Gasteiger partial charge is 0.381 e. The minimum atomic E-state index is 0.266. The number of rotatable bonds is 3. The van der Waals surface area contributed by atoms with E-state index in [0.717, 1.165) is 26.1 Å². The summed E-state index contributed by atoms with van der Waals surface area (Å²) in [7, 11) is 0. The first-order valence-corrected chi connectivity index (χ1v) is 7.16. The molecule has 2 N–H and O–H groups in total. The maximum atomic E-state index is 6.17. The summed E-state index contributed by atoms with van der Waals surface area (Å²) in [6.45, 7) is 3.97. The Labute approximate surface area is 110 Å². The van der Waals surface area contributed by atoms with E-state index in [4.69, 9.17) is 10.5 Å². The van der Waals surface area contributed by atoms with E-state index in [1.165, 1.54) is 24.0 Å². The summed E-state index contributed by atoms with van der Waals surface area (Å²) in [6.07, 6.45) is 4.83. The number of hydrogen-bond acceptors (Lipinski definition) is 2. The third-order valence-electron chi connectivity index (χ3n) is 4.81. The van der Waals surface area contributed by atoms with Crippen molar-refractivity contribution in [1.82, 2.24) is 0 Å². The summed E-state index contributed by atoms with van der Waals surface area (Å²) < 4.78 is 5.45. The second kappa shape index (κ2) is 4.67. The summed E-state index contributed by atoms with van der Waals surface area (Å²) in [4.78, 5) is 0. The van der Waals surface area contributed by atoms with Crippen molar-refractivity contribution in [1.29, 1.82) is 0 Å². The van der Waals surface area contributed by atoms with E-state index in [1.54, 1.807) is 0 Å². The zero-order valence-electron chi connectivity index (χ0n) is 11.2. The molecule has 2 fully saturated rings. The Balaban J connectivity index is 1.85. The van der Waals surface area contributed by atoms with E-state index in [2.05, 4.69) is 31.2 Å². The van der Waals surface area contributed by atoms with Gasteiger partial charge in [0.15, 0.2) is 0 Å². The van der Waals surface area contributed by atoms with Gasteiger partial charge >= 0.3 is 0 Å². The van der Waals surface area contributed by atoms with Crippen LogP contribution in [-0.4, -0.2) is 19.3 Å². The number of hydrogen-bond donors (Lipinski definition) is 1. The minimum absolute atomic E-state index is 0.266. The van der Waals surface area contributed by atoms with E-state index in [9.17, 15) is 0 Å². The molecule has 0 radical (unpaired) electrons. The molecule has 0 aromatic heterocycles. The average molecular weight is 245 g/mol. The van der Waals surface area contributed by atoms with Crippen LogP contribution >= 0.6 is 0 Å². The van der Waals surface area contributed by atoms with Crippen LogP contribution in [0.3, 0.4) is 0 Å². The first kappa shape index (κ1) is 12.2. The van der Waals surface area contributed by atoms with E-state index in [-0.39, 0.29) is 11.5 Å². The molecule has 1 atom stereocenters. The van der Waals surface area contributed by atoms with Gasteiger partial charge in [-0.25, -0.2) is 0 Å². The summed E-state index contributed by atoms with van der Waals surface area (Å²) in [6, 6.07) is 9.42. The normalized spacial score (nSPS) is 24.8. The number of nitrogens with two attached hydrogens (primary N) is 1. The van der Waals surface area contributed by atoms with Gasteiger partial charge in [-0.05, 0) is 49.7 Å². The molecule has 1 unspecified atom stereocenters. The quantitative estimate of drug-likeness (QED) is 0.888. The zero-order valence-corrected chi connectivity index (χ0v) is 11.2. The van der Waals surface area contributed by atoms with Gasteiger partial charge in [-0.1, -0.05) is 24.3 Å². The molecule has 1 aromatic rings. The van der Waals surface area contributed by atoms with Gasteiger partial charge < -0.3 is 10.5 Å². The van der Waals surface area contributed by atoms with E-state index < -0.39 is 0 Å². The molecule has 2 heteroatoms. The van der Waals surface area contributed by atoms with Crippen LogP contribution < -0.4 is 5.73 Å². The van der Waals surface area contributed by atoms with Crippen LogP contribution in [0, 0.1) is 0 Å². The van der Waals surface area contributed by atoms with Crippen LogP contribution in [-0.2, 0) is 10.2 Å². The molecule has 2 aliphatic rings. The Hall–Kier alpha value is -0.860. The Bertz CT molecular complexity index is 417. The fourth-order valence-corrected chi connectivity index (χ4v) is 3.27. The van der Waals surface area contributed by atoms with Crippen molar-refractivity contribution >= 4 is 0 Å². The smallest absolute Gasteiger partial charge is 0.0471 e. The van der Waals surface area contributed by atoms with Crippen molar-refractivity contribution < 1.29 is 4.74 Å². The number of ether oxygens (including phenoxy) is 1. The predicted molar refractivity (Wildman–Crippen MR) is 73.8 cm³/mol. The van der Waals surface area contributed by atoms with Gasteiger partial charge in [0, 0.05) is 24.7 Å². The monoisotopic (exact) mass is 245 g/mol. The van der Waals surface area contributed by atoms with Crippen LogP contribution in [0.1, 0.15) is 49.7 Å². The number of benzene rings is 1. The maximum absolute atomic E-state index is 6.17. The Morgan fingerprint density at radius 3 is 2.61 bits per heavy atom. The van der Waals surface area contributed by atoms with Crippen molar-refractivity contribution in [2.24, 2.45) is 5.73 Å². The van der Waals surface area contributed by atoms with Gasteiger partial charge in [0.05, 0.1) is 0 Å². The van der Waals surface area contributed by atoms with Gasteiger partial charge in [-0.2, -0.15) is 0 Å². The summed E-state index contributed by atoms with van der Waals surface area (Å²) >= 11 is 0. The molecule has 0 spiro atoms. The van der Waals surface area contributed by atoms with E-state index in [1.807, 2.05) is 0 Å². The molecular weight excluding hydrogens is 222 g/mol. The molecule has 3 rings (SSSR count). The van der Waals surface area contributed by atoms with Crippen molar-refractivity contribution in [3.05, 3.63) is 35.4 Å². The highest BCUT2D eigenvalue weighted by Crippen LogP contribution is 2.50. The molecular formula is C16H23NO. The lowest BCUT2D eigenvalue weighted by Gasteiger charge is -2.25. The molecule has 0 amide bonds. The van der Waals surface area contributed by atoms with Crippen LogP contribution in [0.4, 0.5) is 0 Å². The average Bonchev–Trinajstić information content (AvgIpc) is 3.21. The molecule has 1 aromatic carbocycles. The molecule has 1 saturated carbocycles. The van der Waals surface area contributed by atoms with Crippen molar-refractivity contribution in [3.63, 3.8) is 0 Å². The molecule has 1 aliphatic carbocycles. The third-order valence-corrected chi connectivity index (χ3v) is 4.81. The molecule has 0 bridgehead atoms. The Kier molecular flexibility index (Phi) is 3.16. The SMILES string of the molecule is CC(N)C1(c2cccc(C3CCOCC3)c2)CC1. The predicted octanol–water partition coefficient (Wildman–Crippen LogP) is 2.96. The first-order valence-electron chi connectivity index (χ1n) is 7.16. The molecule has 1 saturated heterocycles. The van der Waals surface area contributed by atoms with Crippen molar-refractivity contribution in [2.45, 2.75) is 50.0 Å². The van der Waals surface area contributed by atoms with Crippen LogP contribution in [0.2, 0.25) is 0 Å². The first-order chi connectivity index (χ1) is 8.72. The zero-order chi connectivity index (χ0) is 12.6. The van der Waals surface area contributed by atoms with Gasteiger partial charge in [0.2, 0.25) is 0 Å². The van der Waals surface area contributed by atoms with Gasteiger partial charge in [-0.15, -0.1) is 0 Å². The standard InChI is InChI=1S/C16H23NO/c1-12(17)16(7-8-16)15-4-2-3-14(11-15)13-5-9-18-10-6-13/h2-4,11-13H,5-10,17H2,1H3. The fraction of sp³-hybridized carbons (Fsp3) is 0.625. The second-order valence-electron chi connectivity index (χ2n) is 5.96. The molecule has 2 nitrogen and oxygen atoms in total. The van der Waals surface area contributed by atoms with Gasteiger partial charge in [-0.3, -0.25) is 0 Å². The lowest BCUT2D eigenvalue weighted by atomic mass is 9.84. The third kappa shape index (κ3) is 2.08. The van der Waals surface area contributed by atoms with Crippen LogP contribution in [0.15, 0.2) is 24.3 Å². The van der Waals surface area contributed by atoms with Crippen molar-refractivity contribution in [2.75, 3.05) is 13.2 Å². The highest BCUT2D eigenvalue weighted by atomic mass is 16.5. The van der Waals surface area contributed by atoms with E-state index >= 15 is 0 Å². The topological polar surface area (TPSA) is 35.2 Å². The lowest BCUT2D eigenvalue weighted by Crippen LogP contribution is -2.31. The fourth-order valence-electron chi connectivity index (χ4n) is 3.27.